The Morgan fingerprint density at radius 2 is 1.75 bits per heavy atom. The van der Waals surface area contributed by atoms with E-state index in [4.69, 9.17) is 4.74 Å². The molecule has 1 atom stereocenters. The molecular formula is C18H23NO. The summed E-state index contributed by atoms with van der Waals surface area (Å²) in [5.41, 5.74) is 3.65. The molecular weight excluding hydrogens is 246 g/mol. The van der Waals surface area contributed by atoms with Gasteiger partial charge in [-0.3, -0.25) is 0 Å². The lowest BCUT2D eigenvalue weighted by molar-refractivity contribution is 0.318. The zero-order valence-electron chi connectivity index (χ0n) is 12.5. The first-order chi connectivity index (χ1) is 9.76. The molecule has 106 valence electrons. The topological polar surface area (TPSA) is 21.3 Å². The summed E-state index contributed by atoms with van der Waals surface area (Å²) in [6.07, 6.45) is 1.02. The highest BCUT2D eigenvalue weighted by atomic mass is 16.5. The Hall–Kier alpha value is -1.80. The number of nitrogens with one attached hydrogen (secondary N) is 1. The molecule has 2 aromatic rings. The van der Waals surface area contributed by atoms with E-state index in [1.165, 1.54) is 11.1 Å². The van der Waals surface area contributed by atoms with Crippen LogP contribution in [0.2, 0.25) is 0 Å². The minimum atomic E-state index is 0.371. The van der Waals surface area contributed by atoms with Crippen molar-refractivity contribution in [1.82, 2.24) is 5.32 Å². The monoisotopic (exact) mass is 269 g/mol. The second-order valence-corrected chi connectivity index (χ2v) is 4.98. The zero-order valence-corrected chi connectivity index (χ0v) is 12.5. The third-order valence-electron chi connectivity index (χ3n) is 3.50. The van der Waals surface area contributed by atoms with Crippen LogP contribution < -0.4 is 10.1 Å². The highest BCUT2D eigenvalue weighted by molar-refractivity contribution is 5.70. The normalized spacial score (nSPS) is 12.2. The number of hydrogen-bond donors (Lipinski definition) is 1. The smallest absolute Gasteiger partial charge is 0.127 e. The van der Waals surface area contributed by atoms with Crippen molar-refractivity contribution in [3.05, 3.63) is 54.1 Å². The minimum absolute atomic E-state index is 0.371. The molecule has 0 spiro atoms. The quantitative estimate of drug-likeness (QED) is 0.838. The fraction of sp³-hybridized carbons (Fsp3) is 0.333. The standard InChI is InChI=1S/C18H23NO/c1-4-13-20-18-8-6-5-7-17(18)16-11-9-15(10-12-16)14(2)19-3/h5-12,14,19H,4,13H2,1-3H3. The van der Waals surface area contributed by atoms with Crippen LogP contribution in [-0.4, -0.2) is 13.7 Å². The van der Waals surface area contributed by atoms with E-state index < -0.39 is 0 Å². The fourth-order valence-corrected chi connectivity index (χ4v) is 2.16. The summed E-state index contributed by atoms with van der Waals surface area (Å²) in [4.78, 5) is 0. The van der Waals surface area contributed by atoms with E-state index in [1.54, 1.807) is 0 Å². The average Bonchev–Trinajstić information content (AvgIpc) is 2.52. The van der Waals surface area contributed by atoms with Crippen molar-refractivity contribution in [3.63, 3.8) is 0 Å². The van der Waals surface area contributed by atoms with Crippen LogP contribution in [0.15, 0.2) is 48.5 Å². The molecule has 0 radical (unpaired) electrons. The van der Waals surface area contributed by atoms with E-state index in [2.05, 4.69) is 55.6 Å². The van der Waals surface area contributed by atoms with E-state index in [0.717, 1.165) is 24.3 Å². The second-order valence-electron chi connectivity index (χ2n) is 4.98. The Balaban J connectivity index is 2.27. The van der Waals surface area contributed by atoms with E-state index in [-0.39, 0.29) is 0 Å². The third-order valence-corrected chi connectivity index (χ3v) is 3.50. The van der Waals surface area contributed by atoms with Gasteiger partial charge in [-0.05, 0) is 37.6 Å². The van der Waals surface area contributed by atoms with Crippen LogP contribution in [0.5, 0.6) is 5.75 Å². The minimum Gasteiger partial charge on any atom is -0.493 e. The molecule has 0 aliphatic carbocycles. The lowest BCUT2D eigenvalue weighted by Crippen LogP contribution is -2.11. The first-order valence-electron chi connectivity index (χ1n) is 7.25. The van der Waals surface area contributed by atoms with Gasteiger partial charge in [-0.2, -0.15) is 0 Å². The molecule has 2 rings (SSSR count). The van der Waals surface area contributed by atoms with Gasteiger partial charge in [0, 0.05) is 11.6 Å². The van der Waals surface area contributed by atoms with Gasteiger partial charge >= 0.3 is 0 Å². The van der Waals surface area contributed by atoms with Gasteiger partial charge < -0.3 is 10.1 Å². The summed E-state index contributed by atoms with van der Waals surface area (Å²) in [5.74, 6) is 0.962. The number of ether oxygens (including phenoxy) is 1. The molecule has 1 N–H and O–H groups in total. The van der Waals surface area contributed by atoms with Crippen molar-refractivity contribution in [2.45, 2.75) is 26.3 Å². The lowest BCUT2D eigenvalue weighted by Gasteiger charge is -2.13. The Morgan fingerprint density at radius 3 is 2.40 bits per heavy atom. The van der Waals surface area contributed by atoms with Gasteiger partial charge in [-0.25, -0.2) is 0 Å². The highest BCUT2D eigenvalue weighted by Crippen LogP contribution is 2.30. The predicted octanol–water partition coefficient (Wildman–Crippen LogP) is 4.42. The number of rotatable bonds is 6. The molecule has 0 saturated carbocycles. The van der Waals surface area contributed by atoms with E-state index in [1.807, 2.05) is 19.2 Å². The summed E-state index contributed by atoms with van der Waals surface area (Å²) < 4.78 is 5.83. The molecule has 20 heavy (non-hydrogen) atoms. The maximum absolute atomic E-state index is 5.83. The van der Waals surface area contributed by atoms with E-state index in [9.17, 15) is 0 Å². The fourth-order valence-electron chi connectivity index (χ4n) is 2.16. The van der Waals surface area contributed by atoms with E-state index in [0.29, 0.717) is 6.04 Å². The molecule has 0 amide bonds. The molecule has 0 saturated heterocycles. The van der Waals surface area contributed by atoms with Crippen molar-refractivity contribution < 1.29 is 4.74 Å². The molecule has 1 unspecified atom stereocenters. The molecule has 2 heteroatoms. The van der Waals surface area contributed by atoms with Crippen molar-refractivity contribution in [3.8, 4) is 16.9 Å². The Bertz CT molecular complexity index is 533. The van der Waals surface area contributed by atoms with Crippen molar-refractivity contribution >= 4 is 0 Å². The van der Waals surface area contributed by atoms with Crippen LogP contribution in [0, 0.1) is 0 Å². The molecule has 0 aliphatic rings. The Morgan fingerprint density at radius 1 is 1.05 bits per heavy atom. The van der Waals surface area contributed by atoms with Crippen LogP contribution in [0.1, 0.15) is 31.9 Å². The molecule has 0 aliphatic heterocycles. The Kier molecular flexibility index (Phi) is 5.19. The van der Waals surface area contributed by atoms with Crippen LogP contribution in [-0.2, 0) is 0 Å². The number of hydrogen-bond acceptors (Lipinski definition) is 2. The summed E-state index contributed by atoms with van der Waals surface area (Å²) in [6.45, 7) is 5.04. The van der Waals surface area contributed by atoms with Gasteiger partial charge in [-0.1, -0.05) is 49.4 Å². The number of benzene rings is 2. The van der Waals surface area contributed by atoms with Gasteiger partial charge in [0.05, 0.1) is 6.61 Å². The summed E-state index contributed by atoms with van der Waals surface area (Å²) >= 11 is 0. The molecule has 2 aromatic carbocycles. The summed E-state index contributed by atoms with van der Waals surface area (Å²) in [7, 11) is 1.98. The molecule has 0 fully saturated rings. The van der Waals surface area contributed by atoms with Crippen LogP contribution >= 0.6 is 0 Å². The average molecular weight is 269 g/mol. The largest absolute Gasteiger partial charge is 0.493 e. The third kappa shape index (κ3) is 3.40. The predicted molar refractivity (Wildman–Crippen MR) is 85.1 cm³/mol. The molecule has 0 bridgehead atoms. The second kappa shape index (κ2) is 7.11. The van der Waals surface area contributed by atoms with Crippen molar-refractivity contribution in [1.29, 1.82) is 0 Å². The molecule has 2 nitrogen and oxygen atoms in total. The van der Waals surface area contributed by atoms with Crippen LogP contribution in [0.3, 0.4) is 0 Å². The first-order valence-corrected chi connectivity index (χ1v) is 7.25. The van der Waals surface area contributed by atoms with Gasteiger partial charge in [0.2, 0.25) is 0 Å². The maximum Gasteiger partial charge on any atom is 0.127 e. The zero-order chi connectivity index (χ0) is 14.4. The van der Waals surface area contributed by atoms with Gasteiger partial charge in [0.1, 0.15) is 5.75 Å². The van der Waals surface area contributed by atoms with Gasteiger partial charge in [0.25, 0.3) is 0 Å². The highest BCUT2D eigenvalue weighted by Gasteiger charge is 2.07. The SMILES string of the molecule is CCCOc1ccccc1-c1ccc(C(C)NC)cc1. The maximum atomic E-state index is 5.83. The van der Waals surface area contributed by atoms with Crippen LogP contribution in [0.4, 0.5) is 0 Å². The van der Waals surface area contributed by atoms with E-state index >= 15 is 0 Å². The van der Waals surface area contributed by atoms with Gasteiger partial charge in [-0.15, -0.1) is 0 Å². The molecule has 0 heterocycles. The van der Waals surface area contributed by atoms with Gasteiger partial charge in [0.15, 0.2) is 0 Å². The lowest BCUT2D eigenvalue weighted by atomic mass is 10.0. The summed E-state index contributed by atoms with van der Waals surface area (Å²) in [6, 6.07) is 17.3. The number of para-hydroxylation sites is 1. The van der Waals surface area contributed by atoms with Crippen molar-refractivity contribution in [2.75, 3.05) is 13.7 Å². The molecule has 0 aromatic heterocycles. The summed E-state index contributed by atoms with van der Waals surface area (Å²) in [5, 5.41) is 3.26. The van der Waals surface area contributed by atoms with Crippen molar-refractivity contribution in [2.24, 2.45) is 0 Å². The van der Waals surface area contributed by atoms with Crippen LogP contribution in [0.25, 0.3) is 11.1 Å². The first kappa shape index (κ1) is 14.6. The Labute approximate surface area is 121 Å².